The SMILES string of the molecule is COc1ccc(/C=C/C(=O)NC(C)C(=O)Nc2ccc(NC(=O)CC(C)C)cc2)cc1. The molecule has 7 nitrogen and oxygen atoms in total. The summed E-state index contributed by atoms with van der Waals surface area (Å²) in [6.07, 6.45) is 3.48. The van der Waals surface area contributed by atoms with Gasteiger partial charge in [-0.3, -0.25) is 14.4 Å². The van der Waals surface area contributed by atoms with Crippen LogP contribution >= 0.6 is 0 Å². The van der Waals surface area contributed by atoms with Crippen LogP contribution in [0.3, 0.4) is 0 Å². The summed E-state index contributed by atoms with van der Waals surface area (Å²) in [7, 11) is 1.59. The molecule has 0 aromatic heterocycles. The fourth-order valence-electron chi connectivity index (χ4n) is 2.68. The maximum atomic E-state index is 12.3. The third-order valence-corrected chi connectivity index (χ3v) is 4.32. The van der Waals surface area contributed by atoms with Crippen molar-refractivity contribution in [2.24, 2.45) is 5.92 Å². The van der Waals surface area contributed by atoms with E-state index in [0.717, 1.165) is 11.3 Å². The molecule has 31 heavy (non-hydrogen) atoms. The van der Waals surface area contributed by atoms with Crippen molar-refractivity contribution in [3.8, 4) is 5.75 Å². The van der Waals surface area contributed by atoms with Crippen molar-refractivity contribution in [2.75, 3.05) is 17.7 Å². The average molecular weight is 424 g/mol. The van der Waals surface area contributed by atoms with E-state index in [1.165, 1.54) is 6.08 Å². The number of amides is 3. The number of nitrogens with one attached hydrogen (secondary N) is 3. The van der Waals surface area contributed by atoms with Gasteiger partial charge in [0.05, 0.1) is 7.11 Å². The van der Waals surface area contributed by atoms with E-state index in [9.17, 15) is 14.4 Å². The average Bonchev–Trinajstić information content (AvgIpc) is 2.73. The van der Waals surface area contributed by atoms with Crippen LogP contribution in [-0.4, -0.2) is 30.9 Å². The molecule has 0 aliphatic carbocycles. The second kappa shape index (κ2) is 11.5. The van der Waals surface area contributed by atoms with E-state index in [2.05, 4.69) is 16.0 Å². The lowest BCUT2D eigenvalue weighted by Gasteiger charge is -2.13. The van der Waals surface area contributed by atoms with Gasteiger partial charge in [-0.1, -0.05) is 26.0 Å². The number of methoxy groups -OCH3 is 1. The number of hydrogen-bond acceptors (Lipinski definition) is 4. The van der Waals surface area contributed by atoms with Crippen LogP contribution in [0.1, 0.15) is 32.8 Å². The molecule has 3 N–H and O–H groups in total. The minimum absolute atomic E-state index is 0.0502. The van der Waals surface area contributed by atoms with Crippen molar-refractivity contribution in [1.82, 2.24) is 5.32 Å². The van der Waals surface area contributed by atoms with Gasteiger partial charge in [-0.25, -0.2) is 0 Å². The van der Waals surface area contributed by atoms with Crippen molar-refractivity contribution in [2.45, 2.75) is 33.2 Å². The Bertz CT molecular complexity index is 919. The summed E-state index contributed by atoms with van der Waals surface area (Å²) >= 11 is 0. The lowest BCUT2D eigenvalue weighted by atomic mass is 10.1. The fraction of sp³-hybridized carbons (Fsp3) is 0.292. The Labute approximate surface area is 182 Å². The van der Waals surface area contributed by atoms with E-state index >= 15 is 0 Å². The van der Waals surface area contributed by atoms with Crippen LogP contribution in [0.2, 0.25) is 0 Å². The molecular weight excluding hydrogens is 394 g/mol. The van der Waals surface area contributed by atoms with Crippen LogP contribution in [0.25, 0.3) is 6.08 Å². The number of anilines is 2. The zero-order chi connectivity index (χ0) is 22.8. The Balaban J connectivity index is 1.83. The minimum atomic E-state index is -0.724. The molecule has 2 rings (SSSR count). The number of hydrogen-bond donors (Lipinski definition) is 3. The molecule has 3 amide bonds. The third-order valence-electron chi connectivity index (χ3n) is 4.32. The van der Waals surface area contributed by atoms with Gasteiger partial charge in [-0.2, -0.15) is 0 Å². The van der Waals surface area contributed by atoms with E-state index < -0.39 is 6.04 Å². The molecule has 2 aromatic carbocycles. The van der Waals surface area contributed by atoms with E-state index in [0.29, 0.717) is 17.8 Å². The molecule has 0 saturated carbocycles. The number of carbonyl (C=O) groups excluding carboxylic acids is 3. The van der Waals surface area contributed by atoms with Gasteiger partial charge in [0, 0.05) is 23.9 Å². The summed E-state index contributed by atoms with van der Waals surface area (Å²) in [4.78, 5) is 36.2. The lowest BCUT2D eigenvalue weighted by molar-refractivity contribution is -0.123. The van der Waals surface area contributed by atoms with Gasteiger partial charge < -0.3 is 20.7 Å². The lowest BCUT2D eigenvalue weighted by Crippen LogP contribution is -2.40. The van der Waals surface area contributed by atoms with Gasteiger partial charge >= 0.3 is 0 Å². The van der Waals surface area contributed by atoms with Crippen LogP contribution in [0.4, 0.5) is 11.4 Å². The van der Waals surface area contributed by atoms with E-state index in [4.69, 9.17) is 4.74 Å². The van der Waals surface area contributed by atoms with Gasteiger partial charge in [-0.05, 0) is 60.9 Å². The van der Waals surface area contributed by atoms with Crippen LogP contribution in [0.15, 0.2) is 54.6 Å². The van der Waals surface area contributed by atoms with Gasteiger partial charge in [0.1, 0.15) is 11.8 Å². The summed E-state index contributed by atoms with van der Waals surface area (Å²) in [5.74, 6) is 0.245. The molecule has 1 unspecified atom stereocenters. The highest BCUT2D eigenvalue weighted by atomic mass is 16.5. The molecule has 0 aliphatic heterocycles. The zero-order valence-corrected chi connectivity index (χ0v) is 18.3. The van der Waals surface area contributed by atoms with Gasteiger partial charge in [0.25, 0.3) is 0 Å². The number of ether oxygens (including phenoxy) is 1. The highest BCUT2D eigenvalue weighted by Crippen LogP contribution is 2.15. The van der Waals surface area contributed by atoms with Gasteiger partial charge in [0.15, 0.2) is 0 Å². The van der Waals surface area contributed by atoms with Crippen LogP contribution in [-0.2, 0) is 14.4 Å². The second-order valence-electron chi connectivity index (χ2n) is 7.55. The monoisotopic (exact) mass is 423 g/mol. The first-order chi connectivity index (χ1) is 14.8. The van der Waals surface area contributed by atoms with Crippen molar-refractivity contribution >= 4 is 35.2 Å². The first-order valence-electron chi connectivity index (χ1n) is 10.1. The summed E-state index contributed by atoms with van der Waals surface area (Å²) in [5, 5.41) is 8.18. The summed E-state index contributed by atoms with van der Waals surface area (Å²) in [6.45, 7) is 5.56. The molecule has 0 radical (unpaired) electrons. The van der Waals surface area contributed by atoms with Gasteiger partial charge in [0.2, 0.25) is 17.7 Å². The molecule has 164 valence electrons. The molecule has 0 spiro atoms. The predicted octanol–water partition coefficient (Wildman–Crippen LogP) is 3.84. The normalized spacial score (nSPS) is 11.8. The van der Waals surface area contributed by atoms with Crippen LogP contribution < -0.4 is 20.7 Å². The topological polar surface area (TPSA) is 96.5 Å². The van der Waals surface area contributed by atoms with Crippen LogP contribution in [0, 0.1) is 5.92 Å². The molecule has 7 heteroatoms. The summed E-state index contributed by atoms with van der Waals surface area (Å²) < 4.78 is 5.09. The van der Waals surface area contributed by atoms with Gasteiger partial charge in [-0.15, -0.1) is 0 Å². The Morgan fingerprint density at radius 3 is 2.03 bits per heavy atom. The van der Waals surface area contributed by atoms with Crippen molar-refractivity contribution in [3.63, 3.8) is 0 Å². The minimum Gasteiger partial charge on any atom is -0.497 e. The first-order valence-corrected chi connectivity index (χ1v) is 10.1. The predicted molar refractivity (Wildman–Crippen MR) is 123 cm³/mol. The molecule has 1 atom stereocenters. The smallest absolute Gasteiger partial charge is 0.246 e. The Morgan fingerprint density at radius 1 is 0.903 bits per heavy atom. The van der Waals surface area contributed by atoms with Crippen molar-refractivity contribution in [1.29, 1.82) is 0 Å². The van der Waals surface area contributed by atoms with E-state index in [-0.39, 0.29) is 23.6 Å². The summed E-state index contributed by atoms with van der Waals surface area (Å²) in [5.41, 5.74) is 2.07. The molecule has 0 bridgehead atoms. The molecular formula is C24H29N3O4. The third kappa shape index (κ3) is 8.34. The van der Waals surface area contributed by atoms with E-state index in [1.54, 1.807) is 56.5 Å². The fourth-order valence-corrected chi connectivity index (χ4v) is 2.68. The highest BCUT2D eigenvalue weighted by molar-refractivity contribution is 6.00. The second-order valence-corrected chi connectivity index (χ2v) is 7.55. The standard InChI is InChI=1S/C24H29N3O4/c1-16(2)15-23(29)26-19-8-10-20(11-9-19)27-24(30)17(3)25-22(28)14-7-18-5-12-21(31-4)13-6-18/h5-14,16-17H,15H2,1-4H3,(H,25,28)(H,26,29)(H,27,30)/b14-7+. The Morgan fingerprint density at radius 2 is 1.48 bits per heavy atom. The summed E-state index contributed by atoms with van der Waals surface area (Å²) in [6, 6.07) is 13.4. The number of carbonyl (C=O) groups is 3. The van der Waals surface area contributed by atoms with Crippen molar-refractivity contribution < 1.29 is 19.1 Å². The quantitative estimate of drug-likeness (QED) is 0.534. The largest absolute Gasteiger partial charge is 0.497 e. The maximum absolute atomic E-state index is 12.3. The number of benzene rings is 2. The molecule has 0 saturated heterocycles. The number of rotatable bonds is 9. The first kappa shape index (κ1) is 23.7. The molecule has 2 aromatic rings. The van der Waals surface area contributed by atoms with Crippen molar-refractivity contribution in [3.05, 3.63) is 60.2 Å². The zero-order valence-electron chi connectivity index (χ0n) is 18.3. The molecule has 0 fully saturated rings. The molecule has 0 heterocycles. The Hall–Kier alpha value is -3.61. The Kier molecular flexibility index (Phi) is 8.81. The maximum Gasteiger partial charge on any atom is 0.246 e. The molecule has 0 aliphatic rings. The van der Waals surface area contributed by atoms with E-state index in [1.807, 2.05) is 26.0 Å². The van der Waals surface area contributed by atoms with Crippen LogP contribution in [0.5, 0.6) is 5.75 Å². The highest BCUT2D eigenvalue weighted by Gasteiger charge is 2.14.